The second-order valence-electron chi connectivity index (χ2n) is 8.36. The number of hydrogen-bond donors (Lipinski definition) is 0. The van der Waals surface area contributed by atoms with Crippen molar-refractivity contribution in [1.82, 2.24) is 4.90 Å². The highest BCUT2D eigenvalue weighted by molar-refractivity contribution is 7.90. The van der Waals surface area contributed by atoms with Crippen molar-refractivity contribution in [1.29, 1.82) is 0 Å². The number of fused-ring (bicyclic) bond motifs is 2. The second-order valence-corrected chi connectivity index (χ2v) is 10.6. The zero-order chi connectivity index (χ0) is 18.5. The van der Waals surface area contributed by atoms with Gasteiger partial charge in [0.15, 0.2) is 9.84 Å². The first kappa shape index (κ1) is 18.2. The number of piperidine rings is 1. The van der Waals surface area contributed by atoms with Gasteiger partial charge in [-0.05, 0) is 51.2 Å². The van der Waals surface area contributed by atoms with Gasteiger partial charge in [-0.1, -0.05) is 24.3 Å². The molecule has 6 heteroatoms. The Kier molecular flexibility index (Phi) is 4.38. The molecule has 1 aliphatic carbocycles. The first-order valence-corrected chi connectivity index (χ1v) is 10.7. The van der Waals surface area contributed by atoms with Gasteiger partial charge in [0.1, 0.15) is 5.60 Å². The maximum atomic E-state index is 12.3. The summed E-state index contributed by atoms with van der Waals surface area (Å²) in [5.74, 6) is 0. The van der Waals surface area contributed by atoms with E-state index in [2.05, 4.69) is 6.07 Å². The van der Waals surface area contributed by atoms with Crippen LogP contribution >= 0.6 is 0 Å². The molecule has 1 aromatic carbocycles. The fourth-order valence-corrected chi connectivity index (χ4v) is 5.42. The standard InChI is InChI=1S/C19H27NO4S/c1-18(2,3)24-17(21)20-11-9-19(10-12-20)13-16(25(4,22)23)14-7-5-6-8-15(14)19/h5-8,16H,9-13H2,1-4H3. The monoisotopic (exact) mass is 365 g/mol. The van der Waals surface area contributed by atoms with Crippen LogP contribution < -0.4 is 0 Å². The van der Waals surface area contributed by atoms with Crippen LogP contribution in [0.25, 0.3) is 0 Å². The number of carbonyl (C=O) groups is 1. The summed E-state index contributed by atoms with van der Waals surface area (Å²) in [6.07, 6.45) is 3.20. The Bertz CT molecular complexity index is 771. The Balaban J connectivity index is 1.81. The van der Waals surface area contributed by atoms with Crippen LogP contribution in [0.5, 0.6) is 0 Å². The Morgan fingerprint density at radius 1 is 1.20 bits per heavy atom. The van der Waals surface area contributed by atoms with Gasteiger partial charge in [-0.15, -0.1) is 0 Å². The molecule has 5 nitrogen and oxygen atoms in total. The van der Waals surface area contributed by atoms with Gasteiger partial charge in [-0.25, -0.2) is 13.2 Å². The molecular weight excluding hydrogens is 338 g/mol. The van der Waals surface area contributed by atoms with Crippen molar-refractivity contribution in [3.8, 4) is 0 Å². The molecule has 1 aliphatic heterocycles. The molecule has 1 fully saturated rings. The van der Waals surface area contributed by atoms with E-state index in [1.165, 1.54) is 6.26 Å². The fraction of sp³-hybridized carbons (Fsp3) is 0.632. The van der Waals surface area contributed by atoms with E-state index in [9.17, 15) is 13.2 Å². The van der Waals surface area contributed by atoms with E-state index in [0.29, 0.717) is 19.5 Å². The van der Waals surface area contributed by atoms with Crippen molar-refractivity contribution >= 4 is 15.9 Å². The topological polar surface area (TPSA) is 63.7 Å². The Morgan fingerprint density at radius 2 is 1.80 bits per heavy atom. The third-order valence-electron chi connectivity index (χ3n) is 5.34. The van der Waals surface area contributed by atoms with Crippen LogP contribution in [0.1, 0.15) is 56.4 Å². The lowest BCUT2D eigenvalue weighted by atomic mass is 9.74. The highest BCUT2D eigenvalue weighted by Crippen LogP contribution is 2.53. The minimum absolute atomic E-state index is 0.150. The average Bonchev–Trinajstić information content (AvgIpc) is 2.82. The van der Waals surface area contributed by atoms with Gasteiger partial charge >= 0.3 is 6.09 Å². The molecule has 1 unspecified atom stereocenters. The van der Waals surface area contributed by atoms with E-state index >= 15 is 0 Å². The lowest BCUT2D eigenvalue weighted by Crippen LogP contribution is -2.46. The summed E-state index contributed by atoms with van der Waals surface area (Å²) >= 11 is 0. The second kappa shape index (κ2) is 6.01. The number of hydrogen-bond acceptors (Lipinski definition) is 4. The number of nitrogens with zero attached hydrogens (tertiary/aromatic N) is 1. The summed E-state index contributed by atoms with van der Waals surface area (Å²) in [4.78, 5) is 14.0. The molecule has 2 aliphatic rings. The van der Waals surface area contributed by atoms with E-state index < -0.39 is 20.7 Å². The zero-order valence-corrected chi connectivity index (χ0v) is 16.2. The van der Waals surface area contributed by atoms with E-state index in [0.717, 1.165) is 24.0 Å². The number of amides is 1. The van der Waals surface area contributed by atoms with Crippen molar-refractivity contribution in [2.45, 2.75) is 56.3 Å². The van der Waals surface area contributed by atoms with Crippen molar-refractivity contribution < 1.29 is 17.9 Å². The molecule has 0 bridgehead atoms. The zero-order valence-electron chi connectivity index (χ0n) is 15.4. The van der Waals surface area contributed by atoms with Crippen molar-refractivity contribution in [3.63, 3.8) is 0 Å². The summed E-state index contributed by atoms with van der Waals surface area (Å²) in [5, 5.41) is -0.434. The fourth-order valence-electron chi connectivity index (χ4n) is 4.13. The normalized spacial score (nSPS) is 22.7. The Morgan fingerprint density at radius 3 is 2.36 bits per heavy atom. The smallest absolute Gasteiger partial charge is 0.410 e. The Labute approximate surface area is 150 Å². The molecule has 1 spiro atoms. The van der Waals surface area contributed by atoms with Crippen LogP contribution in [0.4, 0.5) is 4.79 Å². The minimum atomic E-state index is -3.15. The molecule has 0 N–H and O–H groups in total. The van der Waals surface area contributed by atoms with E-state index in [1.807, 2.05) is 39.0 Å². The molecule has 1 aromatic rings. The molecule has 0 radical (unpaired) electrons. The number of carbonyl (C=O) groups excluding carboxylic acids is 1. The van der Waals surface area contributed by atoms with Crippen LogP contribution in [0.3, 0.4) is 0 Å². The lowest BCUT2D eigenvalue weighted by Gasteiger charge is -2.40. The van der Waals surface area contributed by atoms with E-state index in [-0.39, 0.29) is 11.5 Å². The van der Waals surface area contributed by atoms with Gasteiger partial charge in [0, 0.05) is 24.8 Å². The van der Waals surface area contributed by atoms with Gasteiger partial charge < -0.3 is 9.64 Å². The number of likely N-dealkylation sites (tertiary alicyclic amines) is 1. The maximum absolute atomic E-state index is 12.3. The average molecular weight is 365 g/mol. The van der Waals surface area contributed by atoms with Crippen molar-refractivity contribution in [2.24, 2.45) is 0 Å². The van der Waals surface area contributed by atoms with Crippen LogP contribution in [0, 0.1) is 0 Å². The van der Waals surface area contributed by atoms with Crippen LogP contribution in [-0.2, 0) is 20.0 Å². The summed E-state index contributed by atoms with van der Waals surface area (Å²) in [7, 11) is -3.15. The number of sulfone groups is 1. The molecule has 0 saturated carbocycles. The summed E-state index contributed by atoms with van der Waals surface area (Å²) < 4.78 is 30.0. The van der Waals surface area contributed by atoms with Gasteiger partial charge in [0.2, 0.25) is 0 Å². The third kappa shape index (κ3) is 3.54. The van der Waals surface area contributed by atoms with Crippen LogP contribution in [-0.4, -0.2) is 44.4 Å². The molecule has 1 atom stereocenters. The SMILES string of the molecule is CC(C)(C)OC(=O)N1CCC2(CC1)CC(S(C)(=O)=O)c1ccccc12. The van der Waals surface area contributed by atoms with Crippen molar-refractivity contribution in [2.75, 3.05) is 19.3 Å². The van der Waals surface area contributed by atoms with E-state index in [1.54, 1.807) is 4.90 Å². The number of benzene rings is 1. The largest absolute Gasteiger partial charge is 0.444 e. The molecule has 1 amide bonds. The highest BCUT2D eigenvalue weighted by atomic mass is 32.2. The first-order valence-electron chi connectivity index (χ1n) is 8.78. The molecule has 138 valence electrons. The lowest BCUT2D eigenvalue weighted by molar-refractivity contribution is 0.0163. The quantitative estimate of drug-likeness (QED) is 0.765. The third-order valence-corrected chi connectivity index (χ3v) is 6.80. The minimum Gasteiger partial charge on any atom is -0.444 e. The summed E-state index contributed by atoms with van der Waals surface area (Å²) in [5.41, 5.74) is 1.43. The highest BCUT2D eigenvalue weighted by Gasteiger charge is 2.48. The molecule has 1 heterocycles. The predicted molar refractivity (Wildman–Crippen MR) is 97.4 cm³/mol. The molecule has 1 saturated heterocycles. The summed E-state index contributed by atoms with van der Waals surface area (Å²) in [6, 6.07) is 7.89. The van der Waals surface area contributed by atoms with Crippen molar-refractivity contribution in [3.05, 3.63) is 35.4 Å². The van der Waals surface area contributed by atoms with Gasteiger partial charge in [0.05, 0.1) is 5.25 Å². The van der Waals surface area contributed by atoms with Gasteiger partial charge in [-0.2, -0.15) is 0 Å². The molecule has 3 rings (SSSR count). The predicted octanol–water partition coefficient (Wildman–Crippen LogP) is 3.44. The number of rotatable bonds is 1. The first-order chi connectivity index (χ1) is 11.5. The van der Waals surface area contributed by atoms with Gasteiger partial charge in [-0.3, -0.25) is 0 Å². The molecular formula is C19H27NO4S. The molecule has 0 aromatic heterocycles. The Hall–Kier alpha value is -1.56. The number of ether oxygens (including phenoxy) is 1. The van der Waals surface area contributed by atoms with Crippen LogP contribution in [0.2, 0.25) is 0 Å². The molecule has 25 heavy (non-hydrogen) atoms. The van der Waals surface area contributed by atoms with E-state index in [4.69, 9.17) is 4.74 Å². The van der Waals surface area contributed by atoms with Gasteiger partial charge in [0.25, 0.3) is 0 Å². The maximum Gasteiger partial charge on any atom is 0.410 e. The summed E-state index contributed by atoms with van der Waals surface area (Å²) in [6.45, 7) is 6.78. The van der Waals surface area contributed by atoms with Crippen LogP contribution in [0.15, 0.2) is 24.3 Å².